The van der Waals surface area contributed by atoms with Crippen LogP contribution in [-0.4, -0.2) is 22.7 Å². The summed E-state index contributed by atoms with van der Waals surface area (Å²) in [6, 6.07) is 10.2. The molecule has 1 saturated heterocycles. The van der Waals surface area contributed by atoms with E-state index in [-0.39, 0.29) is 0 Å². The highest BCUT2D eigenvalue weighted by atomic mass is 35.5. The van der Waals surface area contributed by atoms with Gasteiger partial charge in [-0.15, -0.1) is 0 Å². The standard InChI is InChI=1S/C15H17ClN2OS/c16-14-6-2-1-5-13(14)15-8-12(18-19-15)9-17-11-4-3-7-20-10-11/h1-2,5-6,8,11,17H,3-4,7,9-10H2/t11-/m0/s1. The summed E-state index contributed by atoms with van der Waals surface area (Å²) in [5.74, 6) is 3.21. The molecule has 0 radical (unpaired) electrons. The van der Waals surface area contributed by atoms with Crippen LogP contribution in [0.4, 0.5) is 0 Å². The first-order chi connectivity index (χ1) is 9.83. The number of benzene rings is 1. The molecule has 1 atom stereocenters. The summed E-state index contributed by atoms with van der Waals surface area (Å²) >= 11 is 8.18. The van der Waals surface area contributed by atoms with Gasteiger partial charge in [0.05, 0.1) is 10.7 Å². The van der Waals surface area contributed by atoms with Gasteiger partial charge in [0, 0.05) is 30.0 Å². The molecule has 1 N–H and O–H groups in total. The quantitative estimate of drug-likeness (QED) is 0.927. The van der Waals surface area contributed by atoms with Crippen LogP contribution < -0.4 is 5.32 Å². The second-order valence-corrected chi connectivity index (χ2v) is 6.51. The summed E-state index contributed by atoms with van der Waals surface area (Å²) < 4.78 is 5.39. The van der Waals surface area contributed by atoms with Crippen LogP contribution in [0.3, 0.4) is 0 Å². The number of aromatic nitrogens is 1. The number of nitrogens with zero attached hydrogens (tertiary/aromatic N) is 1. The first kappa shape index (κ1) is 14.0. The van der Waals surface area contributed by atoms with Crippen molar-refractivity contribution < 1.29 is 4.52 Å². The molecular formula is C15H17ClN2OS. The van der Waals surface area contributed by atoms with Crippen LogP contribution in [0.25, 0.3) is 11.3 Å². The van der Waals surface area contributed by atoms with Gasteiger partial charge in [0.25, 0.3) is 0 Å². The minimum Gasteiger partial charge on any atom is -0.356 e. The lowest BCUT2D eigenvalue weighted by molar-refractivity contribution is 0.414. The Morgan fingerprint density at radius 2 is 2.30 bits per heavy atom. The summed E-state index contributed by atoms with van der Waals surface area (Å²) in [5.41, 5.74) is 1.82. The van der Waals surface area contributed by atoms with Gasteiger partial charge in [0.15, 0.2) is 5.76 Å². The molecule has 1 aliphatic heterocycles. The minimum atomic E-state index is 0.592. The van der Waals surface area contributed by atoms with Crippen molar-refractivity contribution in [3.8, 4) is 11.3 Å². The topological polar surface area (TPSA) is 38.1 Å². The Hall–Kier alpha value is -0.970. The molecule has 1 aromatic carbocycles. The van der Waals surface area contributed by atoms with Crippen molar-refractivity contribution >= 4 is 23.4 Å². The van der Waals surface area contributed by atoms with E-state index in [0.717, 1.165) is 23.6 Å². The van der Waals surface area contributed by atoms with Gasteiger partial charge in [-0.25, -0.2) is 0 Å². The van der Waals surface area contributed by atoms with E-state index >= 15 is 0 Å². The Balaban J connectivity index is 1.63. The first-order valence-electron chi connectivity index (χ1n) is 6.84. The monoisotopic (exact) mass is 308 g/mol. The number of hydrogen-bond acceptors (Lipinski definition) is 4. The maximum absolute atomic E-state index is 6.16. The zero-order chi connectivity index (χ0) is 13.8. The maximum atomic E-state index is 6.16. The Morgan fingerprint density at radius 1 is 1.40 bits per heavy atom. The summed E-state index contributed by atoms with van der Waals surface area (Å²) in [6.07, 6.45) is 2.55. The van der Waals surface area contributed by atoms with E-state index in [4.69, 9.17) is 16.1 Å². The van der Waals surface area contributed by atoms with Crippen LogP contribution in [0.15, 0.2) is 34.9 Å². The number of rotatable bonds is 4. The van der Waals surface area contributed by atoms with Crippen molar-refractivity contribution in [1.29, 1.82) is 0 Å². The Morgan fingerprint density at radius 3 is 3.10 bits per heavy atom. The van der Waals surface area contributed by atoms with Crippen molar-refractivity contribution in [2.75, 3.05) is 11.5 Å². The van der Waals surface area contributed by atoms with Gasteiger partial charge in [-0.2, -0.15) is 11.8 Å². The highest BCUT2D eigenvalue weighted by molar-refractivity contribution is 7.99. The maximum Gasteiger partial charge on any atom is 0.168 e. The molecule has 0 bridgehead atoms. The average molecular weight is 309 g/mol. The molecule has 2 aromatic rings. The highest BCUT2D eigenvalue weighted by Crippen LogP contribution is 2.28. The molecule has 106 valence electrons. The van der Waals surface area contributed by atoms with Crippen LogP contribution in [0.2, 0.25) is 5.02 Å². The highest BCUT2D eigenvalue weighted by Gasteiger charge is 2.14. The normalized spacial score (nSPS) is 19.1. The fourth-order valence-electron chi connectivity index (χ4n) is 2.33. The van der Waals surface area contributed by atoms with Crippen molar-refractivity contribution in [1.82, 2.24) is 10.5 Å². The Labute approximate surface area is 128 Å². The minimum absolute atomic E-state index is 0.592. The zero-order valence-electron chi connectivity index (χ0n) is 11.1. The molecule has 1 fully saturated rings. The third kappa shape index (κ3) is 3.37. The lowest BCUT2D eigenvalue weighted by atomic mass is 10.1. The number of halogens is 1. The summed E-state index contributed by atoms with van der Waals surface area (Å²) in [4.78, 5) is 0. The molecular weight excluding hydrogens is 292 g/mol. The average Bonchev–Trinajstić information content (AvgIpc) is 2.95. The molecule has 0 spiro atoms. The van der Waals surface area contributed by atoms with Gasteiger partial charge in [-0.3, -0.25) is 0 Å². The van der Waals surface area contributed by atoms with E-state index in [1.165, 1.54) is 24.3 Å². The summed E-state index contributed by atoms with van der Waals surface area (Å²) in [7, 11) is 0. The molecule has 5 heteroatoms. The van der Waals surface area contributed by atoms with Crippen LogP contribution in [0, 0.1) is 0 Å². The van der Waals surface area contributed by atoms with Gasteiger partial charge < -0.3 is 9.84 Å². The second-order valence-electron chi connectivity index (χ2n) is 4.96. The van der Waals surface area contributed by atoms with Crippen LogP contribution in [0.5, 0.6) is 0 Å². The lowest BCUT2D eigenvalue weighted by Gasteiger charge is -2.21. The lowest BCUT2D eigenvalue weighted by Crippen LogP contribution is -2.33. The van der Waals surface area contributed by atoms with Crippen molar-refractivity contribution in [2.24, 2.45) is 0 Å². The zero-order valence-corrected chi connectivity index (χ0v) is 12.7. The second kappa shape index (κ2) is 6.66. The van der Waals surface area contributed by atoms with Gasteiger partial charge in [-0.05, 0) is 30.7 Å². The predicted molar refractivity (Wildman–Crippen MR) is 84.1 cm³/mol. The van der Waals surface area contributed by atoms with Gasteiger partial charge in [0.2, 0.25) is 0 Å². The molecule has 3 nitrogen and oxygen atoms in total. The van der Waals surface area contributed by atoms with Gasteiger partial charge in [-0.1, -0.05) is 28.9 Å². The van der Waals surface area contributed by atoms with E-state index in [9.17, 15) is 0 Å². The summed E-state index contributed by atoms with van der Waals surface area (Å²) in [6.45, 7) is 0.749. The van der Waals surface area contributed by atoms with E-state index in [1.54, 1.807) is 0 Å². The van der Waals surface area contributed by atoms with Crippen LogP contribution in [0.1, 0.15) is 18.5 Å². The first-order valence-corrected chi connectivity index (χ1v) is 8.38. The molecule has 20 heavy (non-hydrogen) atoms. The smallest absolute Gasteiger partial charge is 0.168 e. The van der Waals surface area contributed by atoms with Gasteiger partial charge in [0.1, 0.15) is 0 Å². The fraction of sp³-hybridized carbons (Fsp3) is 0.400. The Kier molecular flexibility index (Phi) is 4.65. The SMILES string of the molecule is Clc1ccccc1-c1cc(CN[C@H]2CCCSC2)no1. The molecule has 1 aliphatic rings. The third-order valence-corrected chi connectivity index (χ3v) is 4.98. The van der Waals surface area contributed by atoms with Crippen molar-refractivity contribution in [3.05, 3.63) is 41.0 Å². The van der Waals surface area contributed by atoms with Crippen LogP contribution >= 0.6 is 23.4 Å². The van der Waals surface area contributed by atoms with E-state index in [0.29, 0.717) is 11.1 Å². The molecule has 0 amide bonds. The molecule has 0 unspecified atom stereocenters. The predicted octanol–water partition coefficient (Wildman–Crippen LogP) is 3.98. The van der Waals surface area contributed by atoms with Crippen molar-refractivity contribution in [2.45, 2.75) is 25.4 Å². The molecule has 3 rings (SSSR count). The number of thioether (sulfide) groups is 1. The van der Waals surface area contributed by atoms with E-state index in [2.05, 4.69) is 10.5 Å². The van der Waals surface area contributed by atoms with E-state index < -0.39 is 0 Å². The molecule has 0 aliphatic carbocycles. The van der Waals surface area contributed by atoms with Gasteiger partial charge >= 0.3 is 0 Å². The largest absolute Gasteiger partial charge is 0.356 e. The van der Waals surface area contributed by atoms with Crippen molar-refractivity contribution in [3.63, 3.8) is 0 Å². The number of hydrogen-bond donors (Lipinski definition) is 1. The molecule has 1 aromatic heterocycles. The van der Waals surface area contributed by atoms with Crippen LogP contribution in [-0.2, 0) is 6.54 Å². The number of nitrogens with one attached hydrogen (secondary N) is 1. The summed E-state index contributed by atoms with van der Waals surface area (Å²) in [5, 5.41) is 8.34. The van der Waals surface area contributed by atoms with E-state index in [1.807, 2.05) is 42.1 Å². The Bertz CT molecular complexity index is 567. The third-order valence-electron chi connectivity index (χ3n) is 3.43. The fourth-order valence-corrected chi connectivity index (χ4v) is 3.67. The molecule has 0 saturated carbocycles. The molecule has 2 heterocycles.